The molecule has 0 radical (unpaired) electrons. The van der Waals surface area contributed by atoms with Gasteiger partial charge in [0, 0.05) is 30.8 Å². The van der Waals surface area contributed by atoms with Crippen LogP contribution in [0.25, 0.3) is 17.1 Å². The van der Waals surface area contributed by atoms with Crippen molar-refractivity contribution in [2.45, 2.75) is 26.4 Å². The molecule has 140 valence electrons. The number of hydrogen-bond donors (Lipinski definition) is 1. The average Bonchev–Trinajstić information content (AvgIpc) is 3.32. The van der Waals surface area contributed by atoms with E-state index in [2.05, 4.69) is 4.98 Å². The van der Waals surface area contributed by atoms with Gasteiger partial charge in [0.25, 0.3) is 0 Å². The highest BCUT2D eigenvalue weighted by Gasteiger charge is 2.20. The molecule has 0 aliphatic carbocycles. The van der Waals surface area contributed by atoms with E-state index in [1.165, 1.54) is 30.8 Å². The van der Waals surface area contributed by atoms with Crippen LogP contribution in [0.3, 0.4) is 0 Å². The average molecular weight is 383 g/mol. The summed E-state index contributed by atoms with van der Waals surface area (Å²) < 4.78 is 10.3. The molecule has 1 N–H and O–H groups in total. The first kappa shape index (κ1) is 17.9. The van der Waals surface area contributed by atoms with Crippen LogP contribution in [-0.2, 0) is 6.67 Å². The number of likely N-dealkylation sites (tertiary alicyclic amines) is 1. The van der Waals surface area contributed by atoms with Crippen molar-refractivity contribution in [1.82, 2.24) is 19.3 Å². The zero-order valence-electron chi connectivity index (χ0n) is 15.5. The van der Waals surface area contributed by atoms with E-state index < -0.39 is 0 Å². The summed E-state index contributed by atoms with van der Waals surface area (Å²) in [5, 5.41) is 4.87. The maximum absolute atomic E-state index is 5.82. The van der Waals surface area contributed by atoms with Crippen LogP contribution in [-0.4, -0.2) is 39.0 Å². The quantitative estimate of drug-likeness (QED) is 0.666. The number of nitrogens with one attached hydrogen (secondary N) is 1. The molecule has 0 amide bonds. The van der Waals surface area contributed by atoms with Gasteiger partial charge in [0.05, 0.1) is 25.4 Å². The predicted octanol–water partition coefficient (Wildman–Crippen LogP) is 2.50. The topological polar surface area (TPSA) is 49.3 Å². The van der Waals surface area contributed by atoms with Gasteiger partial charge in [-0.3, -0.25) is 9.55 Å². The highest BCUT2D eigenvalue weighted by Crippen LogP contribution is 2.23. The summed E-state index contributed by atoms with van der Waals surface area (Å²) in [4.78, 5) is 5.66. The molecule has 3 heterocycles. The number of quaternary nitrogens is 1. The molecule has 0 bridgehead atoms. The van der Waals surface area contributed by atoms with E-state index in [0.717, 1.165) is 29.5 Å². The third-order valence-electron chi connectivity index (χ3n) is 4.87. The summed E-state index contributed by atoms with van der Waals surface area (Å²) in [5.41, 5.74) is 1.98. The summed E-state index contributed by atoms with van der Waals surface area (Å²) >= 11 is 5.82. The highest BCUT2D eigenvalue weighted by molar-refractivity contribution is 7.71. The summed E-state index contributed by atoms with van der Waals surface area (Å²) in [5.74, 6) is 1.69. The van der Waals surface area contributed by atoms with Gasteiger partial charge in [-0.1, -0.05) is 0 Å². The standard InChI is InChI=1S/C20H23N5OS/c1-2-26-18-7-5-17(6-8-18)25-19(16-9-11-21-12-10-16)22-24(20(25)27)15-23-13-3-4-14-23/h5-12H,2-4,13-15H2,1H3/p+1. The van der Waals surface area contributed by atoms with Gasteiger partial charge in [-0.25, -0.2) is 0 Å². The van der Waals surface area contributed by atoms with Crippen molar-refractivity contribution in [3.63, 3.8) is 0 Å². The Morgan fingerprint density at radius 3 is 2.44 bits per heavy atom. The van der Waals surface area contributed by atoms with Crippen LogP contribution in [0.15, 0.2) is 48.8 Å². The lowest BCUT2D eigenvalue weighted by molar-refractivity contribution is -0.911. The molecule has 0 unspecified atom stereocenters. The first-order valence-electron chi connectivity index (χ1n) is 9.43. The Morgan fingerprint density at radius 2 is 1.78 bits per heavy atom. The molecule has 27 heavy (non-hydrogen) atoms. The Balaban J connectivity index is 1.77. The lowest BCUT2D eigenvalue weighted by Crippen LogP contribution is -3.09. The molecule has 3 aromatic rings. The monoisotopic (exact) mass is 382 g/mol. The molecular weight excluding hydrogens is 358 g/mol. The van der Waals surface area contributed by atoms with Crippen LogP contribution in [0, 0.1) is 4.77 Å². The van der Waals surface area contributed by atoms with E-state index in [1.54, 1.807) is 12.4 Å². The lowest BCUT2D eigenvalue weighted by Gasteiger charge is -2.11. The van der Waals surface area contributed by atoms with Crippen LogP contribution in [0.4, 0.5) is 0 Å². The van der Waals surface area contributed by atoms with E-state index in [9.17, 15) is 0 Å². The molecule has 1 saturated heterocycles. The zero-order valence-corrected chi connectivity index (χ0v) is 16.3. The Kier molecular flexibility index (Phi) is 5.31. The van der Waals surface area contributed by atoms with Crippen LogP contribution < -0.4 is 9.64 Å². The molecule has 1 fully saturated rings. The number of hydrogen-bond acceptors (Lipinski definition) is 4. The second-order valence-corrected chi connectivity index (χ2v) is 7.08. The number of aromatic nitrogens is 4. The largest absolute Gasteiger partial charge is 0.494 e. The number of nitrogens with zero attached hydrogens (tertiary/aromatic N) is 4. The SMILES string of the molecule is CCOc1ccc(-n2c(-c3ccncc3)nn(C[NH+]3CCCC3)c2=S)cc1. The molecule has 0 saturated carbocycles. The summed E-state index contributed by atoms with van der Waals surface area (Å²) in [6.07, 6.45) is 6.12. The number of pyridine rings is 1. The predicted molar refractivity (Wildman–Crippen MR) is 107 cm³/mol. The molecule has 4 rings (SSSR count). The Morgan fingerprint density at radius 1 is 1.07 bits per heavy atom. The minimum atomic E-state index is 0.650. The van der Waals surface area contributed by atoms with Gasteiger partial charge in [0.1, 0.15) is 5.75 Å². The number of benzene rings is 1. The van der Waals surface area contributed by atoms with Crippen LogP contribution in [0.2, 0.25) is 0 Å². The van der Waals surface area contributed by atoms with Crippen LogP contribution in [0.5, 0.6) is 5.75 Å². The van der Waals surface area contributed by atoms with Crippen molar-refractivity contribution in [2.24, 2.45) is 0 Å². The molecule has 1 aromatic carbocycles. The number of ether oxygens (including phenoxy) is 1. The maximum atomic E-state index is 5.82. The smallest absolute Gasteiger partial charge is 0.207 e. The van der Waals surface area contributed by atoms with Crippen molar-refractivity contribution in [3.8, 4) is 22.8 Å². The van der Waals surface area contributed by atoms with Gasteiger partial charge in [-0.05, 0) is 55.5 Å². The van der Waals surface area contributed by atoms with Crippen molar-refractivity contribution < 1.29 is 9.64 Å². The fourth-order valence-electron chi connectivity index (χ4n) is 3.53. The summed E-state index contributed by atoms with van der Waals surface area (Å²) in [6.45, 7) is 5.80. The van der Waals surface area contributed by atoms with Gasteiger partial charge >= 0.3 is 0 Å². The normalized spacial score (nSPS) is 14.6. The zero-order chi connectivity index (χ0) is 18.6. The van der Waals surface area contributed by atoms with Gasteiger partial charge < -0.3 is 9.64 Å². The summed E-state index contributed by atoms with van der Waals surface area (Å²) in [6, 6.07) is 11.9. The maximum Gasteiger partial charge on any atom is 0.207 e. The van der Waals surface area contributed by atoms with Gasteiger partial charge in [0.2, 0.25) is 4.77 Å². The second kappa shape index (κ2) is 8.02. The van der Waals surface area contributed by atoms with E-state index in [0.29, 0.717) is 11.4 Å². The fourth-order valence-corrected chi connectivity index (χ4v) is 3.83. The minimum Gasteiger partial charge on any atom is -0.494 e. The Bertz CT molecular complexity index is 943. The van der Waals surface area contributed by atoms with E-state index in [-0.39, 0.29) is 0 Å². The molecule has 2 aromatic heterocycles. The first-order valence-corrected chi connectivity index (χ1v) is 9.84. The minimum absolute atomic E-state index is 0.650. The van der Waals surface area contributed by atoms with Crippen molar-refractivity contribution in [3.05, 3.63) is 53.6 Å². The van der Waals surface area contributed by atoms with Crippen molar-refractivity contribution in [1.29, 1.82) is 0 Å². The molecule has 7 heteroatoms. The Labute approximate surface area is 164 Å². The molecule has 6 nitrogen and oxygen atoms in total. The molecule has 0 spiro atoms. The van der Waals surface area contributed by atoms with E-state index in [1.807, 2.05) is 52.6 Å². The highest BCUT2D eigenvalue weighted by atomic mass is 32.1. The third kappa shape index (κ3) is 3.79. The molecule has 0 atom stereocenters. The number of rotatable bonds is 6. The molecule has 1 aliphatic heterocycles. The van der Waals surface area contributed by atoms with Crippen LogP contribution >= 0.6 is 12.2 Å². The Hall–Kier alpha value is -2.51. The first-order chi connectivity index (χ1) is 13.3. The second-order valence-electron chi connectivity index (χ2n) is 6.72. The van der Waals surface area contributed by atoms with Crippen molar-refractivity contribution in [2.75, 3.05) is 19.7 Å². The van der Waals surface area contributed by atoms with Crippen molar-refractivity contribution >= 4 is 12.2 Å². The fraction of sp³-hybridized carbons (Fsp3) is 0.350. The van der Waals surface area contributed by atoms with Gasteiger partial charge in [0.15, 0.2) is 12.5 Å². The van der Waals surface area contributed by atoms with Crippen LogP contribution in [0.1, 0.15) is 19.8 Å². The molecule has 1 aliphatic rings. The van der Waals surface area contributed by atoms with Gasteiger partial charge in [-0.15, -0.1) is 5.10 Å². The van der Waals surface area contributed by atoms with E-state index >= 15 is 0 Å². The van der Waals surface area contributed by atoms with Gasteiger partial charge in [-0.2, -0.15) is 4.68 Å². The lowest BCUT2D eigenvalue weighted by atomic mass is 10.2. The van der Waals surface area contributed by atoms with E-state index in [4.69, 9.17) is 22.1 Å². The third-order valence-corrected chi connectivity index (χ3v) is 5.26. The summed E-state index contributed by atoms with van der Waals surface area (Å²) in [7, 11) is 0. The molecular formula is C20H24N5OS+.